The fraction of sp³-hybridized carbons (Fsp3) is 0.346. The highest BCUT2D eigenvalue weighted by molar-refractivity contribution is 7.92. The third-order valence-corrected chi connectivity index (χ3v) is 7.21. The van der Waals surface area contributed by atoms with Gasteiger partial charge in [0.15, 0.2) is 5.52 Å². The average Bonchev–Trinajstić information content (AvgIpc) is 3.13. The Morgan fingerprint density at radius 2 is 1.83 bits per heavy atom. The van der Waals surface area contributed by atoms with Crippen LogP contribution in [0.5, 0.6) is 5.75 Å². The summed E-state index contributed by atoms with van der Waals surface area (Å²) in [5.41, 5.74) is 3.46. The van der Waals surface area contributed by atoms with E-state index in [2.05, 4.69) is 14.8 Å². The Morgan fingerprint density at radius 3 is 2.47 bits per heavy atom. The third kappa shape index (κ3) is 4.73. The second kappa shape index (κ2) is 9.09. The summed E-state index contributed by atoms with van der Waals surface area (Å²) in [6, 6.07) is 10.0. The quantitative estimate of drug-likeness (QED) is 0.397. The maximum absolute atomic E-state index is 13.3. The van der Waals surface area contributed by atoms with Crippen LogP contribution in [0.4, 0.5) is 5.69 Å². The molecule has 0 aliphatic rings. The Hall–Kier alpha value is -3.66. The van der Waals surface area contributed by atoms with Gasteiger partial charge in [0.05, 0.1) is 28.4 Å². The number of fused-ring (bicyclic) bond motifs is 1. The van der Waals surface area contributed by atoms with Crippen molar-refractivity contribution in [3.05, 3.63) is 63.6 Å². The van der Waals surface area contributed by atoms with Crippen LogP contribution in [0, 0.1) is 13.8 Å². The molecule has 0 saturated carbocycles. The number of benzene rings is 2. The molecule has 0 saturated heterocycles. The van der Waals surface area contributed by atoms with Crippen LogP contribution in [0.25, 0.3) is 22.4 Å². The van der Waals surface area contributed by atoms with E-state index in [1.165, 1.54) is 16.8 Å². The first-order chi connectivity index (χ1) is 16.8. The van der Waals surface area contributed by atoms with Crippen molar-refractivity contribution in [1.29, 1.82) is 0 Å². The molecule has 2 aromatic carbocycles. The Kier molecular flexibility index (Phi) is 6.42. The predicted octanol–water partition coefficient (Wildman–Crippen LogP) is 4.44. The number of hydrogen-bond acceptors (Lipinski definition) is 6. The van der Waals surface area contributed by atoms with Gasteiger partial charge in [0, 0.05) is 12.5 Å². The van der Waals surface area contributed by atoms with Gasteiger partial charge in [0.1, 0.15) is 17.1 Å². The van der Waals surface area contributed by atoms with Gasteiger partial charge in [0.25, 0.3) is 15.6 Å². The number of ether oxygens (including phenoxy) is 1. The van der Waals surface area contributed by atoms with Gasteiger partial charge >= 0.3 is 0 Å². The SMILES string of the molecule is CCOc1ccc(S(=O)(=O)Nc2ccc(C)cc2C)cc1-c1nc2c(C(C)(C)C)nn(C)c2c(=O)[nH]1. The summed E-state index contributed by atoms with van der Waals surface area (Å²) in [7, 11) is -2.23. The summed E-state index contributed by atoms with van der Waals surface area (Å²) in [4.78, 5) is 20.6. The minimum Gasteiger partial charge on any atom is -0.493 e. The normalized spacial score (nSPS) is 12.2. The second-order valence-electron chi connectivity index (χ2n) is 9.85. The lowest BCUT2D eigenvalue weighted by atomic mass is 9.91. The molecule has 4 rings (SSSR count). The minimum absolute atomic E-state index is 0.0194. The van der Waals surface area contributed by atoms with Crippen LogP contribution in [-0.2, 0) is 22.5 Å². The molecule has 2 aromatic heterocycles. The summed E-state index contributed by atoms with van der Waals surface area (Å²) < 4.78 is 36.5. The molecule has 0 spiro atoms. The zero-order chi connectivity index (χ0) is 26.4. The largest absolute Gasteiger partial charge is 0.493 e. The summed E-state index contributed by atoms with van der Waals surface area (Å²) >= 11 is 0. The number of rotatable bonds is 6. The zero-order valence-corrected chi connectivity index (χ0v) is 22.4. The number of aromatic nitrogens is 4. The molecular formula is C26H31N5O4S. The van der Waals surface area contributed by atoms with Gasteiger partial charge in [-0.1, -0.05) is 38.5 Å². The first kappa shape index (κ1) is 25.4. The first-order valence-electron chi connectivity index (χ1n) is 11.7. The molecule has 36 heavy (non-hydrogen) atoms. The topological polar surface area (TPSA) is 119 Å². The molecule has 0 bridgehead atoms. The van der Waals surface area contributed by atoms with E-state index in [4.69, 9.17) is 9.72 Å². The molecule has 4 aromatic rings. The highest BCUT2D eigenvalue weighted by atomic mass is 32.2. The van der Waals surface area contributed by atoms with E-state index in [1.807, 2.05) is 53.7 Å². The van der Waals surface area contributed by atoms with Crippen molar-refractivity contribution in [2.24, 2.45) is 7.05 Å². The number of hydrogen-bond donors (Lipinski definition) is 2. The van der Waals surface area contributed by atoms with Gasteiger partial charge in [-0.25, -0.2) is 13.4 Å². The van der Waals surface area contributed by atoms with E-state index in [1.54, 1.807) is 19.2 Å². The summed E-state index contributed by atoms with van der Waals surface area (Å²) in [6.45, 7) is 12.0. The van der Waals surface area contributed by atoms with Gasteiger partial charge < -0.3 is 9.72 Å². The predicted molar refractivity (Wildman–Crippen MR) is 141 cm³/mol. The van der Waals surface area contributed by atoms with E-state index >= 15 is 0 Å². The highest BCUT2D eigenvalue weighted by Gasteiger charge is 2.26. The number of aryl methyl sites for hydroxylation is 3. The molecule has 0 unspecified atom stereocenters. The van der Waals surface area contributed by atoms with Crippen LogP contribution in [-0.4, -0.2) is 34.8 Å². The van der Waals surface area contributed by atoms with Crippen LogP contribution in [0.2, 0.25) is 0 Å². The van der Waals surface area contributed by atoms with Crippen molar-refractivity contribution in [3.63, 3.8) is 0 Å². The highest BCUT2D eigenvalue weighted by Crippen LogP contribution is 2.33. The molecule has 0 aliphatic heterocycles. The molecule has 190 valence electrons. The smallest absolute Gasteiger partial charge is 0.277 e. The molecule has 0 fully saturated rings. The first-order valence-corrected chi connectivity index (χ1v) is 13.1. The molecule has 0 amide bonds. The molecule has 9 nitrogen and oxygen atoms in total. The Balaban J connectivity index is 1.89. The van der Waals surface area contributed by atoms with E-state index in [0.717, 1.165) is 11.1 Å². The Morgan fingerprint density at radius 1 is 1.11 bits per heavy atom. The fourth-order valence-electron chi connectivity index (χ4n) is 4.09. The number of anilines is 1. The van der Waals surface area contributed by atoms with Gasteiger partial charge in [-0.2, -0.15) is 5.10 Å². The van der Waals surface area contributed by atoms with Crippen LogP contribution in [0.1, 0.15) is 44.5 Å². The van der Waals surface area contributed by atoms with Crippen LogP contribution in [0.15, 0.2) is 46.1 Å². The summed E-state index contributed by atoms with van der Waals surface area (Å²) in [6.07, 6.45) is 0. The van der Waals surface area contributed by atoms with Crippen LogP contribution in [0.3, 0.4) is 0 Å². The molecule has 0 aliphatic carbocycles. The minimum atomic E-state index is -3.93. The van der Waals surface area contributed by atoms with Crippen LogP contribution >= 0.6 is 0 Å². The lowest BCUT2D eigenvalue weighted by Crippen LogP contribution is -2.16. The van der Waals surface area contributed by atoms with E-state index in [-0.39, 0.29) is 21.7 Å². The monoisotopic (exact) mass is 509 g/mol. The van der Waals surface area contributed by atoms with Crippen molar-refractivity contribution in [2.75, 3.05) is 11.3 Å². The number of aromatic amines is 1. The van der Waals surface area contributed by atoms with Crippen molar-refractivity contribution in [2.45, 2.75) is 51.9 Å². The molecule has 2 heterocycles. The number of sulfonamides is 1. The molecule has 2 N–H and O–H groups in total. The Bertz CT molecular complexity index is 1630. The van der Waals surface area contributed by atoms with E-state index < -0.39 is 10.0 Å². The molecule has 0 atom stereocenters. The second-order valence-corrected chi connectivity index (χ2v) is 11.5. The maximum atomic E-state index is 13.3. The van der Waals surface area contributed by atoms with Crippen molar-refractivity contribution in [3.8, 4) is 17.1 Å². The number of nitrogens with one attached hydrogen (secondary N) is 2. The summed E-state index contributed by atoms with van der Waals surface area (Å²) in [5.74, 6) is 0.615. The number of H-pyrrole nitrogens is 1. The zero-order valence-electron chi connectivity index (χ0n) is 21.6. The average molecular weight is 510 g/mol. The molecule has 0 radical (unpaired) electrons. The third-order valence-electron chi connectivity index (χ3n) is 5.85. The number of nitrogens with zero attached hydrogens (tertiary/aromatic N) is 3. The van der Waals surface area contributed by atoms with E-state index in [9.17, 15) is 13.2 Å². The lowest BCUT2D eigenvalue weighted by Gasteiger charge is -2.16. The Labute approximate surface area is 210 Å². The van der Waals surface area contributed by atoms with Gasteiger partial charge in [0.2, 0.25) is 0 Å². The standard InChI is InChI=1S/C26H31N5O4S/c1-8-35-20-12-10-17(36(33,34)30-19-11-9-15(2)13-16(19)3)14-18(20)24-27-21-22(25(32)28-24)31(7)29-23(21)26(4,5)6/h9-14,30H,8H2,1-7H3,(H,27,28,32). The van der Waals surface area contributed by atoms with Crippen molar-refractivity contribution in [1.82, 2.24) is 19.7 Å². The van der Waals surface area contributed by atoms with Gasteiger partial charge in [-0.3, -0.25) is 14.2 Å². The van der Waals surface area contributed by atoms with Crippen molar-refractivity contribution < 1.29 is 13.2 Å². The van der Waals surface area contributed by atoms with Gasteiger partial charge in [-0.15, -0.1) is 0 Å². The maximum Gasteiger partial charge on any atom is 0.277 e. The lowest BCUT2D eigenvalue weighted by molar-refractivity contribution is 0.341. The van der Waals surface area contributed by atoms with Crippen LogP contribution < -0.4 is 15.0 Å². The molecule has 10 heteroatoms. The van der Waals surface area contributed by atoms with E-state index in [0.29, 0.717) is 40.3 Å². The molecular weight excluding hydrogens is 478 g/mol. The van der Waals surface area contributed by atoms with Gasteiger partial charge in [-0.05, 0) is 50.6 Å². The van der Waals surface area contributed by atoms with Crippen molar-refractivity contribution >= 4 is 26.7 Å². The summed E-state index contributed by atoms with van der Waals surface area (Å²) in [5, 5.41) is 4.53. The fourth-order valence-corrected chi connectivity index (χ4v) is 5.24.